The van der Waals surface area contributed by atoms with E-state index in [2.05, 4.69) is 0 Å². The molecule has 0 saturated carbocycles. The average molecular weight is 448 g/mol. The monoisotopic (exact) mass is 448 g/mol. The zero-order valence-electron chi connectivity index (χ0n) is 17.0. The number of carbonyl (C=O) groups is 4. The molecule has 9 nitrogen and oxygen atoms in total. The molecule has 1 aliphatic rings. The Bertz CT molecular complexity index is 1360. The number of fused-ring (bicyclic) bond motifs is 2. The molecule has 1 heterocycles. The van der Waals surface area contributed by atoms with Gasteiger partial charge in [0.2, 0.25) is 0 Å². The molecule has 1 aliphatic heterocycles. The van der Waals surface area contributed by atoms with Crippen LogP contribution in [0.4, 0.5) is 0 Å². The fourth-order valence-electron chi connectivity index (χ4n) is 4.22. The molecule has 0 aliphatic carbocycles. The second-order valence-corrected chi connectivity index (χ2v) is 7.44. The van der Waals surface area contributed by atoms with Gasteiger partial charge in [-0.25, -0.2) is 19.2 Å². The van der Waals surface area contributed by atoms with Crippen LogP contribution in [0, 0.1) is 6.92 Å². The average Bonchev–Trinajstić information content (AvgIpc) is 2.76. The SMILES string of the molecule is Cc1c(C(=O)O)c(C(=O)O)cc2c1C(c1ccccc1)c1cc(C(=O)O)c(C(=O)O)cc1O2. The minimum atomic E-state index is -1.47. The van der Waals surface area contributed by atoms with Crippen LogP contribution < -0.4 is 4.74 Å². The Kier molecular flexibility index (Phi) is 5.09. The smallest absolute Gasteiger partial charge is 0.336 e. The standard InChI is InChI=1S/C24H16O9/c1-10-18(24(31)32)15(23(29)30)9-17-19(10)20(11-5-3-2-4-6-11)14-7-12(21(25)26)13(22(27)28)8-16(14)33-17/h2-9,20H,1H3,(H,25,26)(H,27,28)(H,29,30)(H,31,32). The third-order valence-corrected chi connectivity index (χ3v) is 5.60. The van der Waals surface area contributed by atoms with Crippen molar-refractivity contribution in [1.82, 2.24) is 0 Å². The van der Waals surface area contributed by atoms with Gasteiger partial charge in [0.15, 0.2) is 0 Å². The predicted molar refractivity (Wildman–Crippen MR) is 113 cm³/mol. The summed E-state index contributed by atoms with van der Waals surface area (Å²) in [7, 11) is 0. The van der Waals surface area contributed by atoms with E-state index in [0.717, 1.165) is 12.1 Å². The van der Waals surface area contributed by atoms with E-state index < -0.39 is 52.0 Å². The van der Waals surface area contributed by atoms with Crippen LogP contribution in [0.2, 0.25) is 0 Å². The van der Waals surface area contributed by atoms with Gasteiger partial charge in [0.25, 0.3) is 0 Å². The lowest BCUT2D eigenvalue weighted by Crippen LogP contribution is -2.20. The molecule has 0 radical (unpaired) electrons. The summed E-state index contributed by atoms with van der Waals surface area (Å²) in [6.07, 6.45) is 0. The number of rotatable bonds is 5. The van der Waals surface area contributed by atoms with Gasteiger partial charge >= 0.3 is 23.9 Å². The maximum absolute atomic E-state index is 11.9. The van der Waals surface area contributed by atoms with Gasteiger partial charge in [-0.2, -0.15) is 0 Å². The topological polar surface area (TPSA) is 158 Å². The van der Waals surface area contributed by atoms with E-state index in [1.54, 1.807) is 30.3 Å². The first-order valence-corrected chi connectivity index (χ1v) is 9.63. The van der Waals surface area contributed by atoms with Crippen molar-refractivity contribution in [2.24, 2.45) is 0 Å². The number of carboxylic acid groups (broad SMARTS) is 4. The Morgan fingerprint density at radius 3 is 1.82 bits per heavy atom. The van der Waals surface area contributed by atoms with Gasteiger partial charge in [-0.1, -0.05) is 30.3 Å². The first-order chi connectivity index (χ1) is 15.6. The number of ether oxygens (including phenoxy) is 1. The highest BCUT2D eigenvalue weighted by molar-refractivity contribution is 6.04. The summed E-state index contributed by atoms with van der Waals surface area (Å²) in [4.78, 5) is 47.1. The Morgan fingerprint density at radius 1 is 0.727 bits per heavy atom. The molecular weight excluding hydrogens is 432 g/mol. The van der Waals surface area contributed by atoms with Gasteiger partial charge in [0, 0.05) is 17.0 Å². The van der Waals surface area contributed by atoms with Crippen LogP contribution in [-0.2, 0) is 0 Å². The van der Waals surface area contributed by atoms with Crippen LogP contribution in [0.3, 0.4) is 0 Å². The molecular formula is C24H16O9. The molecule has 0 fully saturated rings. The Balaban J connectivity index is 2.12. The molecule has 9 heteroatoms. The van der Waals surface area contributed by atoms with E-state index >= 15 is 0 Å². The summed E-state index contributed by atoms with van der Waals surface area (Å²) < 4.78 is 5.85. The highest BCUT2D eigenvalue weighted by Crippen LogP contribution is 2.50. The summed E-state index contributed by atoms with van der Waals surface area (Å²) >= 11 is 0. The quantitative estimate of drug-likeness (QED) is 0.353. The van der Waals surface area contributed by atoms with Crippen molar-refractivity contribution in [3.63, 3.8) is 0 Å². The fraction of sp³-hybridized carbons (Fsp3) is 0.0833. The lowest BCUT2D eigenvalue weighted by Gasteiger charge is -2.31. The molecule has 4 N–H and O–H groups in total. The molecule has 0 bridgehead atoms. The van der Waals surface area contributed by atoms with Crippen molar-refractivity contribution in [2.45, 2.75) is 12.8 Å². The highest BCUT2D eigenvalue weighted by atomic mass is 16.5. The van der Waals surface area contributed by atoms with Crippen LogP contribution >= 0.6 is 0 Å². The van der Waals surface area contributed by atoms with Crippen molar-refractivity contribution in [3.8, 4) is 11.5 Å². The molecule has 0 saturated heterocycles. The molecule has 0 amide bonds. The van der Waals surface area contributed by atoms with Crippen molar-refractivity contribution < 1.29 is 44.3 Å². The maximum atomic E-state index is 11.9. The van der Waals surface area contributed by atoms with Crippen LogP contribution in [0.5, 0.6) is 11.5 Å². The van der Waals surface area contributed by atoms with Crippen LogP contribution in [0.1, 0.15) is 69.6 Å². The summed E-state index contributed by atoms with van der Waals surface area (Å²) in [5.74, 6) is -6.45. The molecule has 166 valence electrons. The van der Waals surface area contributed by atoms with Crippen molar-refractivity contribution in [3.05, 3.63) is 93.0 Å². The molecule has 33 heavy (non-hydrogen) atoms. The first-order valence-electron chi connectivity index (χ1n) is 9.63. The van der Waals surface area contributed by atoms with Crippen LogP contribution in [0.15, 0.2) is 48.5 Å². The second kappa shape index (κ2) is 7.79. The van der Waals surface area contributed by atoms with Crippen molar-refractivity contribution in [1.29, 1.82) is 0 Å². The lowest BCUT2D eigenvalue weighted by atomic mass is 9.78. The highest BCUT2D eigenvalue weighted by Gasteiger charge is 2.36. The van der Waals surface area contributed by atoms with Gasteiger partial charge in [-0.15, -0.1) is 0 Å². The van der Waals surface area contributed by atoms with Gasteiger partial charge < -0.3 is 25.2 Å². The molecule has 4 rings (SSSR count). The van der Waals surface area contributed by atoms with E-state index in [9.17, 15) is 39.6 Å². The largest absolute Gasteiger partial charge is 0.478 e. The summed E-state index contributed by atoms with van der Waals surface area (Å²) in [5.41, 5.74) is -0.346. The van der Waals surface area contributed by atoms with E-state index in [0.29, 0.717) is 16.7 Å². The van der Waals surface area contributed by atoms with Crippen molar-refractivity contribution >= 4 is 23.9 Å². The van der Waals surface area contributed by atoms with E-state index in [1.165, 1.54) is 13.0 Å². The number of hydrogen-bond donors (Lipinski definition) is 4. The summed E-state index contributed by atoms with van der Waals surface area (Å²) in [5, 5.41) is 38.4. The minimum absolute atomic E-state index is 0.0394. The third kappa shape index (κ3) is 3.45. The van der Waals surface area contributed by atoms with Gasteiger partial charge in [0.1, 0.15) is 11.5 Å². The van der Waals surface area contributed by atoms with Crippen LogP contribution in [-0.4, -0.2) is 44.3 Å². The second-order valence-electron chi connectivity index (χ2n) is 7.44. The zero-order valence-corrected chi connectivity index (χ0v) is 17.0. The maximum Gasteiger partial charge on any atom is 0.336 e. The predicted octanol–water partition coefficient (Wildman–Crippen LogP) is 4.07. The van der Waals surface area contributed by atoms with Gasteiger partial charge in [-0.3, -0.25) is 0 Å². The van der Waals surface area contributed by atoms with Crippen molar-refractivity contribution in [2.75, 3.05) is 0 Å². The number of carboxylic acids is 4. The van der Waals surface area contributed by atoms with E-state index in [-0.39, 0.29) is 17.1 Å². The van der Waals surface area contributed by atoms with Crippen LogP contribution in [0.25, 0.3) is 0 Å². The Hall–Kier alpha value is -4.66. The molecule has 0 aromatic heterocycles. The summed E-state index contributed by atoms with van der Waals surface area (Å²) in [6.45, 7) is 1.46. The molecule has 1 unspecified atom stereocenters. The Labute approximate surface area is 186 Å². The normalized spacial score (nSPS) is 13.9. The Morgan fingerprint density at radius 2 is 1.27 bits per heavy atom. The fourth-order valence-corrected chi connectivity index (χ4v) is 4.22. The zero-order chi connectivity index (χ0) is 24.0. The van der Waals surface area contributed by atoms with Gasteiger partial charge in [-0.05, 0) is 36.2 Å². The molecule has 1 atom stereocenters. The molecule has 3 aromatic rings. The molecule has 0 spiro atoms. The number of hydrogen-bond acceptors (Lipinski definition) is 5. The van der Waals surface area contributed by atoms with Gasteiger partial charge in [0.05, 0.1) is 22.3 Å². The van der Waals surface area contributed by atoms with E-state index in [1.807, 2.05) is 0 Å². The molecule has 3 aromatic carbocycles. The third-order valence-electron chi connectivity index (χ3n) is 5.60. The number of aromatic carboxylic acids is 4. The summed E-state index contributed by atoms with van der Waals surface area (Å²) in [6, 6.07) is 12.1. The minimum Gasteiger partial charge on any atom is -0.478 e. The first kappa shape index (κ1) is 21.6. The lowest BCUT2D eigenvalue weighted by molar-refractivity contribution is 0.0650. The van der Waals surface area contributed by atoms with E-state index in [4.69, 9.17) is 4.74 Å². The number of benzene rings is 3.